The quantitative estimate of drug-likeness (QED) is 0.803. The second kappa shape index (κ2) is 5.27. The average Bonchev–Trinajstić information content (AvgIpc) is 2.94. The van der Waals surface area contributed by atoms with Crippen molar-refractivity contribution < 1.29 is 19.2 Å². The van der Waals surface area contributed by atoms with Crippen LogP contribution in [0.25, 0.3) is 0 Å². The molecule has 0 N–H and O–H groups in total. The summed E-state index contributed by atoms with van der Waals surface area (Å²) in [6, 6.07) is 6.26. The van der Waals surface area contributed by atoms with Crippen molar-refractivity contribution in [3.63, 3.8) is 0 Å². The number of hydrogen-bond acceptors (Lipinski definition) is 5. The van der Waals surface area contributed by atoms with Gasteiger partial charge in [0.1, 0.15) is 6.54 Å². The molecule has 0 unspecified atom stereocenters. The Morgan fingerprint density at radius 1 is 1.23 bits per heavy atom. The lowest BCUT2D eigenvalue weighted by molar-refractivity contribution is -0.169. The van der Waals surface area contributed by atoms with E-state index in [9.17, 15) is 14.4 Å². The van der Waals surface area contributed by atoms with Crippen molar-refractivity contribution in [2.45, 2.75) is 13.5 Å². The fourth-order valence-corrected chi connectivity index (χ4v) is 2.23. The summed E-state index contributed by atoms with van der Waals surface area (Å²) in [7, 11) is 0. The number of carbonyl (C=O) groups is 3. The zero-order valence-electron chi connectivity index (χ0n) is 11.4. The number of rotatable bonds is 3. The monoisotopic (exact) mass is 319 g/mol. The first-order valence-corrected chi connectivity index (χ1v) is 6.73. The minimum atomic E-state index is -0.794. The number of nitrogens with zero attached hydrogens (tertiary/aromatic N) is 3. The Hall–Kier alpha value is -2.67. The number of hydroxylamine groups is 2. The van der Waals surface area contributed by atoms with Crippen molar-refractivity contribution in [2.75, 3.05) is 0 Å². The summed E-state index contributed by atoms with van der Waals surface area (Å²) in [6.45, 7) is 1.43. The van der Waals surface area contributed by atoms with E-state index >= 15 is 0 Å². The van der Waals surface area contributed by atoms with Crippen LogP contribution in [-0.2, 0) is 16.2 Å². The Bertz CT molecular complexity index is 764. The summed E-state index contributed by atoms with van der Waals surface area (Å²) in [4.78, 5) is 40.9. The van der Waals surface area contributed by atoms with Crippen LogP contribution in [0.15, 0.2) is 30.5 Å². The van der Waals surface area contributed by atoms with E-state index in [1.165, 1.54) is 23.0 Å². The van der Waals surface area contributed by atoms with E-state index in [0.29, 0.717) is 15.8 Å². The largest absolute Gasteiger partial charge is 0.354 e. The molecule has 0 saturated carbocycles. The maximum absolute atomic E-state index is 12.1. The molecule has 0 saturated heterocycles. The lowest BCUT2D eigenvalue weighted by Gasteiger charge is -2.13. The lowest BCUT2D eigenvalue weighted by Crippen LogP contribution is -2.34. The number of aromatic nitrogens is 2. The molecular weight excluding hydrogens is 310 g/mol. The molecule has 22 heavy (non-hydrogen) atoms. The molecule has 1 aromatic carbocycles. The van der Waals surface area contributed by atoms with Crippen LogP contribution < -0.4 is 0 Å². The normalized spacial score (nSPS) is 13.5. The van der Waals surface area contributed by atoms with Crippen LogP contribution in [0.5, 0.6) is 0 Å². The van der Waals surface area contributed by atoms with E-state index in [2.05, 4.69) is 5.10 Å². The van der Waals surface area contributed by atoms with Crippen molar-refractivity contribution >= 4 is 29.4 Å². The number of amides is 2. The topological polar surface area (TPSA) is 81.5 Å². The highest BCUT2D eigenvalue weighted by molar-refractivity contribution is 6.31. The second-order valence-corrected chi connectivity index (χ2v) is 5.06. The first-order chi connectivity index (χ1) is 10.5. The van der Waals surface area contributed by atoms with Gasteiger partial charge in [0.05, 0.1) is 28.0 Å². The summed E-state index contributed by atoms with van der Waals surface area (Å²) in [5, 5.41) is 4.78. The molecule has 3 rings (SSSR count). The van der Waals surface area contributed by atoms with E-state index in [1.807, 2.05) is 0 Å². The number of imide groups is 1. The molecule has 2 aromatic rings. The highest BCUT2D eigenvalue weighted by atomic mass is 35.5. The zero-order valence-corrected chi connectivity index (χ0v) is 12.2. The molecule has 0 spiro atoms. The smallest absolute Gasteiger partial charge is 0.328 e. The molecule has 112 valence electrons. The van der Waals surface area contributed by atoms with Gasteiger partial charge in [0.2, 0.25) is 0 Å². The van der Waals surface area contributed by atoms with Gasteiger partial charge in [-0.05, 0) is 19.1 Å². The lowest BCUT2D eigenvalue weighted by atomic mass is 10.1. The minimum absolute atomic E-state index is 0.207. The third kappa shape index (κ3) is 2.25. The third-order valence-corrected chi connectivity index (χ3v) is 3.64. The van der Waals surface area contributed by atoms with E-state index < -0.39 is 17.8 Å². The Morgan fingerprint density at radius 3 is 2.32 bits per heavy atom. The van der Waals surface area contributed by atoms with E-state index in [0.717, 1.165) is 0 Å². The van der Waals surface area contributed by atoms with Crippen LogP contribution in [0, 0.1) is 6.92 Å². The molecule has 0 aliphatic carbocycles. The van der Waals surface area contributed by atoms with E-state index in [-0.39, 0.29) is 17.7 Å². The van der Waals surface area contributed by atoms with Crippen molar-refractivity contribution in [3.8, 4) is 0 Å². The number of fused-ring (bicyclic) bond motifs is 1. The maximum Gasteiger partial charge on any atom is 0.354 e. The van der Waals surface area contributed by atoms with Crippen LogP contribution in [0.2, 0.25) is 5.02 Å². The molecule has 1 aliphatic heterocycles. The molecule has 1 aromatic heterocycles. The number of carbonyl (C=O) groups excluding carboxylic acids is 3. The first kappa shape index (κ1) is 14.3. The Morgan fingerprint density at radius 2 is 1.82 bits per heavy atom. The summed E-state index contributed by atoms with van der Waals surface area (Å²) in [6.07, 6.45) is 1.40. The Labute approximate surface area is 130 Å². The summed E-state index contributed by atoms with van der Waals surface area (Å²) < 4.78 is 1.32. The fraction of sp³-hybridized carbons (Fsp3) is 0.143. The highest BCUT2D eigenvalue weighted by Gasteiger charge is 2.38. The predicted octanol–water partition coefficient (Wildman–Crippen LogP) is 1.60. The van der Waals surface area contributed by atoms with Crippen LogP contribution in [0.3, 0.4) is 0 Å². The van der Waals surface area contributed by atoms with Crippen molar-refractivity contribution in [1.82, 2.24) is 14.8 Å². The molecule has 0 radical (unpaired) electrons. The van der Waals surface area contributed by atoms with Gasteiger partial charge in [-0.1, -0.05) is 28.8 Å². The minimum Gasteiger partial charge on any atom is -0.328 e. The first-order valence-electron chi connectivity index (χ1n) is 6.35. The Balaban J connectivity index is 1.74. The second-order valence-electron chi connectivity index (χ2n) is 4.65. The van der Waals surface area contributed by atoms with Gasteiger partial charge in [-0.3, -0.25) is 14.3 Å². The summed E-state index contributed by atoms with van der Waals surface area (Å²) in [5.41, 5.74) is 0.998. The van der Waals surface area contributed by atoms with Crippen molar-refractivity contribution in [3.05, 3.63) is 52.3 Å². The van der Waals surface area contributed by atoms with Crippen LogP contribution in [0.4, 0.5) is 0 Å². The van der Waals surface area contributed by atoms with Gasteiger partial charge in [-0.2, -0.15) is 5.10 Å². The van der Waals surface area contributed by atoms with Crippen LogP contribution in [0.1, 0.15) is 26.4 Å². The van der Waals surface area contributed by atoms with E-state index in [4.69, 9.17) is 16.4 Å². The third-order valence-electron chi connectivity index (χ3n) is 3.27. The average molecular weight is 320 g/mol. The van der Waals surface area contributed by atoms with Crippen molar-refractivity contribution in [1.29, 1.82) is 0 Å². The van der Waals surface area contributed by atoms with Gasteiger partial charge in [-0.25, -0.2) is 4.79 Å². The van der Waals surface area contributed by atoms with Gasteiger partial charge < -0.3 is 4.84 Å². The van der Waals surface area contributed by atoms with Crippen LogP contribution in [-0.4, -0.2) is 32.6 Å². The van der Waals surface area contributed by atoms with Gasteiger partial charge in [0.15, 0.2) is 0 Å². The van der Waals surface area contributed by atoms with Gasteiger partial charge >= 0.3 is 5.97 Å². The van der Waals surface area contributed by atoms with Gasteiger partial charge in [-0.15, -0.1) is 0 Å². The number of halogens is 1. The highest BCUT2D eigenvalue weighted by Crippen LogP contribution is 2.22. The molecule has 8 heteroatoms. The molecule has 7 nitrogen and oxygen atoms in total. The fourth-order valence-electron chi connectivity index (χ4n) is 2.09. The molecule has 0 atom stereocenters. The molecule has 2 heterocycles. The predicted molar refractivity (Wildman–Crippen MR) is 75.0 cm³/mol. The molecule has 1 aliphatic rings. The maximum atomic E-state index is 12.1. The number of benzene rings is 1. The molecule has 0 bridgehead atoms. The number of hydrogen-bond donors (Lipinski definition) is 0. The van der Waals surface area contributed by atoms with Gasteiger partial charge in [0, 0.05) is 0 Å². The van der Waals surface area contributed by atoms with Gasteiger partial charge in [0.25, 0.3) is 11.8 Å². The SMILES string of the molecule is Cc1c(Cl)cnn1CC(=O)ON1C(=O)c2ccccc2C1=O. The summed E-state index contributed by atoms with van der Waals surface area (Å²) in [5.74, 6) is -2.12. The molecule has 2 amide bonds. The summed E-state index contributed by atoms with van der Waals surface area (Å²) >= 11 is 5.84. The van der Waals surface area contributed by atoms with E-state index in [1.54, 1.807) is 19.1 Å². The zero-order chi connectivity index (χ0) is 15.9. The molecular formula is C14H10ClN3O4. The van der Waals surface area contributed by atoms with Crippen molar-refractivity contribution in [2.24, 2.45) is 0 Å². The Kier molecular flexibility index (Phi) is 3.42. The standard InChI is InChI=1S/C14H10ClN3O4/c1-8-11(15)6-16-17(8)7-12(19)22-18-13(20)9-4-2-3-5-10(9)14(18)21/h2-6H,7H2,1H3. The molecule has 0 fully saturated rings. The van der Waals surface area contributed by atoms with Crippen LogP contribution >= 0.6 is 11.6 Å².